The van der Waals surface area contributed by atoms with Gasteiger partial charge in [-0.1, -0.05) is 12.8 Å². The van der Waals surface area contributed by atoms with Gasteiger partial charge in [-0.25, -0.2) is 0 Å². The standard InChI is InChI=1S/C12H14N2/c1-3-11-6-12(8-13-7-11)14-5-4-10(2)9-14/h1,6-8,10H,4-5,9H2,2H3. The van der Waals surface area contributed by atoms with Gasteiger partial charge in [0, 0.05) is 24.8 Å². The molecule has 0 spiro atoms. The molecule has 0 aromatic carbocycles. The van der Waals surface area contributed by atoms with Crippen molar-refractivity contribution in [1.82, 2.24) is 4.98 Å². The van der Waals surface area contributed by atoms with Gasteiger partial charge in [-0.2, -0.15) is 0 Å². The number of aromatic nitrogens is 1. The van der Waals surface area contributed by atoms with Crippen molar-refractivity contribution in [3.05, 3.63) is 24.0 Å². The van der Waals surface area contributed by atoms with Gasteiger partial charge in [-0.05, 0) is 18.4 Å². The fourth-order valence-electron chi connectivity index (χ4n) is 1.85. The van der Waals surface area contributed by atoms with Gasteiger partial charge < -0.3 is 4.90 Å². The van der Waals surface area contributed by atoms with E-state index in [-0.39, 0.29) is 0 Å². The van der Waals surface area contributed by atoms with E-state index in [2.05, 4.69) is 22.7 Å². The number of nitrogens with zero attached hydrogens (tertiary/aromatic N) is 2. The second-order valence-corrected chi connectivity index (χ2v) is 3.92. The van der Waals surface area contributed by atoms with Gasteiger partial charge in [0.1, 0.15) is 0 Å². The first kappa shape index (κ1) is 9.08. The second-order valence-electron chi connectivity index (χ2n) is 3.92. The zero-order valence-electron chi connectivity index (χ0n) is 8.40. The van der Waals surface area contributed by atoms with Gasteiger partial charge in [0.05, 0.1) is 11.9 Å². The summed E-state index contributed by atoms with van der Waals surface area (Å²) in [5.74, 6) is 3.39. The summed E-state index contributed by atoms with van der Waals surface area (Å²) in [4.78, 5) is 6.49. The van der Waals surface area contributed by atoms with Crippen LogP contribution in [0.15, 0.2) is 18.5 Å². The molecule has 1 aliphatic heterocycles. The molecule has 0 amide bonds. The van der Waals surface area contributed by atoms with E-state index in [1.165, 1.54) is 6.42 Å². The zero-order chi connectivity index (χ0) is 9.97. The van der Waals surface area contributed by atoms with Crippen LogP contribution in [-0.4, -0.2) is 18.1 Å². The average molecular weight is 186 g/mol. The summed E-state index contributed by atoms with van der Waals surface area (Å²) in [6.45, 7) is 4.52. The molecule has 2 heterocycles. The molecule has 2 rings (SSSR count). The minimum Gasteiger partial charge on any atom is -0.370 e. The highest BCUT2D eigenvalue weighted by Crippen LogP contribution is 2.22. The minimum atomic E-state index is 0.782. The van der Waals surface area contributed by atoms with E-state index >= 15 is 0 Å². The normalized spacial score (nSPS) is 20.9. The van der Waals surface area contributed by atoms with E-state index in [0.717, 1.165) is 30.3 Å². The van der Waals surface area contributed by atoms with Crippen LogP contribution in [0.4, 0.5) is 5.69 Å². The molecule has 1 fully saturated rings. The van der Waals surface area contributed by atoms with Crippen LogP contribution in [0.1, 0.15) is 18.9 Å². The van der Waals surface area contributed by atoms with Gasteiger partial charge in [-0.3, -0.25) is 4.98 Å². The predicted octanol–water partition coefficient (Wildman–Crippen LogP) is 1.91. The fraction of sp³-hybridized carbons (Fsp3) is 0.417. The lowest BCUT2D eigenvalue weighted by molar-refractivity contribution is 0.659. The highest BCUT2D eigenvalue weighted by molar-refractivity contribution is 5.50. The second kappa shape index (κ2) is 3.71. The van der Waals surface area contributed by atoms with E-state index in [0.29, 0.717) is 0 Å². The Bertz CT molecular complexity index is 365. The summed E-state index contributed by atoms with van der Waals surface area (Å²) in [6.07, 6.45) is 10.2. The summed E-state index contributed by atoms with van der Waals surface area (Å²) in [5, 5.41) is 0. The van der Waals surface area contributed by atoms with Crippen molar-refractivity contribution in [3.63, 3.8) is 0 Å². The Hall–Kier alpha value is -1.49. The Labute approximate surface area is 85.0 Å². The molecule has 0 aliphatic carbocycles. The SMILES string of the molecule is C#Cc1cncc(N2CCC(C)C2)c1. The number of anilines is 1. The van der Waals surface area contributed by atoms with Crippen molar-refractivity contribution in [2.45, 2.75) is 13.3 Å². The minimum absolute atomic E-state index is 0.782. The van der Waals surface area contributed by atoms with Crippen molar-refractivity contribution in [1.29, 1.82) is 0 Å². The molecule has 0 radical (unpaired) electrons. The van der Waals surface area contributed by atoms with Gasteiger partial charge in [0.15, 0.2) is 0 Å². The van der Waals surface area contributed by atoms with Crippen molar-refractivity contribution in [2.24, 2.45) is 5.92 Å². The quantitative estimate of drug-likeness (QED) is 0.623. The fourth-order valence-corrected chi connectivity index (χ4v) is 1.85. The molecule has 0 saturated carbocycles. The predicted molar refractivity (Wildman–Crippen MR) is 58.2 cm³/mol. The van der Waals surface area contributed by atoms with Crippen molar-refractivity contribution in [3.8, 4) is 12.3 Å². The summed E-state index contributed by atoms with van der Waals surface area (Å²) in [7, 11) is 0. The smallest absolute Gasteiger partial charge is 0.0565 e. The topological polar surface area (TPSA) is 16.1 Å². The third-order valence-corrected chi connectivity index (χ3v) is 2.68. The van der Waals surface area contributed by atoms with E-state index in [1.54, 1.807) is 6.20 Å². The van der Waals surface area contributed by atoms with Crippen LogP contribution in [0.2, 0.25) is 0 Å². The maximum atomic E-state index is 5.34. The highest BCUT2D eigenvalue weighted by atomic mass is 15.2. The van der Waals surface area contributed by atoms with Crippen LogP contribution in [0.5, 0.6) is 0 Å². The average Bonchev–Trinajstić information content (AvgIpc) is 2.65. The first-order chi connectivity index (χ1) is 6.79. The molecule has 1 atom stereocenters. The lowest BCUT2D eigenvalue weighted by atomic mass is 10.2. The number of pyridine rings is 1. The van der Waals surface area contributed by atoms with Crippen LogP contribution in [0.3, 0.4) is 0 Å². The largest absolute Gasteiger partial charge is 0.370 e. The Morgan fingerprint density at radius 1 is 1.57 bits per heavy atom. The van der Waals surface area contributed by atoms with E-state index in [1.807, 2.05) is 12.3 Å². The third-order valence-electron chi connectivity index (χ3n) is 2.68. The van der Waals surface area contributed by atoms with Crippen LogP contribution in [-0.2, 0) is 0 Å². The van der Waals surface area contributed by atoms with Crippen molar-refractivity contribution >= 4 is 5.69 Å². The summed E-state index contributed by atoms with van der Waals surface area (Å²) >= 11 is 0. The number of hydrogen-bond donors (Lipinski definition) is 0. The number of hydrogen-bond acceptors (Lipinski definition) is 2. The molecule has 0 N–H and O–H groups in total. The molecule has 2 heteroatoms. The molecule has 1 saturated heterocycles. The number of rotatable bonds is 1. The Kier molecular flexibility index (Phi) is 2.41. The molecule has 2 nitrogen and oxygen atoms in total. The van der Waals surface area contributed by atoms with E-state index < -0.39 is 0 Å². The van der Waals surface area contributed by atoms with E-state index in [4.69, 9.17) is 6.42 Å². The Morgan fingerprint density at radius 2 is 2.43 bits per heavy atom. The molecular formula is C12H14N2. The molecule has 1 unspecified atom stereocenters. The Balaban J connectivity index is 2.20. The molecule has 1 aromatic rings. The molecule has 0 bridgehead atoms. The molecule has 1 aromatic heterocycles. The van der Waals surface area contributed by atoms with Crippen LogP contribution < -0.4 is 4.90 Å². The lowest BCUT2D eigenvalue weighted by Gasteiger charge is -2.17. The monoisotopic (exact) mass is 186 g/mol. The van der Waals surface area contributed by atoms with Crippen molar-refractivity contribution in [2.75, 3.05) is 18.0 Å². The van der Waals surface area contributed by atoms with Gasteiger partial charge in [0.2, 0.25) is 0 Å². The molecule has 14 heavy (non-hydrogen) atoms. The van der Waals surface area contributed by atoms with Crippen LogP contribution in [0, 0.1) is 18.3 Å². The van der Waals surface area contributed by atoms with Gasteiger partial charge in [0.25, 0.3) is 0 Å². The molecule has 1 aliphatic rings. The first-order valence-electron chi connectivity index (χ1n) is 4.96. The van der Waals surface area contributed by atoms with Gasteiger partial charge in [-0.15, -0.1) is 6.42 Å². The number of terminal acetylenes is 1. The third kappa shape index (κ3) is 1.72. The van der Waals surface area contributed by atoms with E-state index in [9.17, 15) is 0 Å². The maximum Gasteiger partial charge on any atom is 0.0565 e. The van der Waals surface area contributed by atoms with Gasteiger partial charge >= 0.3 is 0 Å². The molecular weight excluding hydrogens is 172 g/mol. The first-order valence-corrected chi connectivity index (χ1v) is 4.96. The van der Waals surface area contributed by atoms with Crippen LogP contribution in [0.25, 0.3) is 0 Å². The Morgan fingerprint density at radius 3 is 3.07 bits per heavy atom. The highest BCUT2D eigenvalue weighted by Gasteiger charge is 2.18. The molecule has 72 valence electrons. The van der Waals surface area contributed by atoms with Crippen LogP contribution >= 0.6 is 0 Å². The zero-order valence-corrected chi connectivity index (χ0v) is 8.40. The van der Waals surface area contributed by atoms with Crippen molar-refractivity contribution < 1.29 is 0 Å². The summed E-state index contributed by atoms with van der Waals surface area (Å²) in [5.41, 5.74) is 2.02. The summed E-state index contributed by atoms with van der Waals surface area (Å²) < 4.78 is 0. The summed E-state index contributed by atoms with van der Waals surface area (Å²) in [6, 6.07) is 2.03. The lowest BCUT2D eigenvalue weighted by Crippen LogP contribution is -2.19. The maximum absolute atomic E-state index is 5.34.